The predicted octanol–water partition coefficient (Wildman–Crippen LogP) is 4.92. The number of nitrogens with one attached hydrogen (secondary N) is 1. The third kappa shape index (κ3) is 3.87. The number of nitrogens with zero attached hydrogens (tertiary/aromatic N) is 2. The number of aromatic nitrogens is 1. The maximum Gasteiger partial charge on any atom is 0.174 e. The summed E-state index contributed by atoms with van der Waals surface area (Å²) in [5.74, 6) is 1.43. The lowest BCUT2D eigenvalue weighted by molar-refractivity contribution is 0.291. The Balaban J connectivity index is 1.70. The molecule has 0 spiro atoms. The van der Waals surface area contributed by atoms with Gasteiger partial charge in [0.2, 0.25) is 0 Å². The van der Waals surface area contributed by atoms with Gasteiger partial charge in [-0.15, -0.1) is 0 Å². The van der Waals surface area contributed by atoms with Crippen LogP contribution < -0.4 is 14.8 Å². The van der Waals surface area contributed by atoms with Gasteiger partial charge in [-0.25, -0.2) is 0 Å². The van der Waals surface area contributed by atoms with Gasteiger partial charge >= 0.3 is 0 Å². The van der Waals surface area contributed by atoms with Crippen molar-refractivity contribution in [3.05, 3.63) is 77.1 Å². The Morgan fingerprint density at radius 2 is 1.70 bits per heavy atom. The molecule has 6 heteroatoms. The van der Waals surface area contributed by atoms with Crippen LogP contribution in [0.5, 0.6) is 11.5 Å². The summed E-state index contributed by atoms with van der Waals surface area (Å²) in [5, 5.41) is 4.17. The first-order valence-electron chi connectivity index (χ1n) is 10.0. The smallest absolute Gasteiger partial charge is 0.174 e. The summed E-state index contributed by atoms with van der Waals surface area (Å²) >= 11 is 5.88. The Hall–Kier alpha value is -2.99. The molecule has 1 atom stereocenters. The van der Waals surface area contributed by atoms with Crippen LogP contribution in [0.4, 0.5) is 5.69 Å². The van der Waals surface area contributed by atoms with Crippen molar-refractivity contribution in [3.63, 3.8) is 0 Å². The monoisotopic (exact) mass is 421 g/mol. The van der Waals surface area contributed by atoms with Gasteiger partial charge < -0.3 is 24.3 Å². The zero-order valence-corrected chi connectivity index (χ0v) is 18.6. The quantitative estimate of drug-likeness (QED) is 0.605. The van der Waals surface area contributed by atoms with Crippen LogP contribution in [0.1, 0.15) is 28.4 Å². The van der Waals surface area contributed by atoms with Crippen molar-refractivity contribution in [2.75, 3.05) is 26.1 Å². The van der Waals surface area contributed by atoms with Gasteiger partial charge in [-0.2, -0.15) is 0 Å². The lowest BCUT2D eigenvalue weighted by Gasteiger charge is -2.39. The Morgan fingerprint density at radius 3 is 2.40 bits per heavy atom. The van der Waals surface area contributed by atoms with Crippen LogP contribution in [0.25, 0.3) is 0 Å². The van der Waals surface area contributed by atoms with E-state index in [9.17, 15) is 0 Å². The molecule has 3 aromatic rings. The maximum absolute atomic E-state index is 5.88. The molecule has 2 aromatic carbocycles. The number of hydrogen-bond acceptors (Lipinski definition) is 3. The molecule has 0 unspecified atom stereocenters. The molecular formula is C24H27N3O2S. The fourth-order valence-corrected chi connectivity index (χ4v) is 4.53. The van der Waals surface area contributed by atoms with Gasteiger partial charge in [0.25, 0.3) is 0 Å². The Labute approximate surface area is 183 Å². The summed E-state index contributed by atoms with van der Waals surface area (Å²) in [7, 11) is 3.31. The zero-order chi connectivity index (χ0) is 21.3. The van der Waals surface area contributed by atoms with Crippen molar-refractivity contribution < 1.29 is 9.47 Å². The van der Waals surface area contributed by atoms with Gasteiger partial charge in [0, 0.05) is 30.7 Å². The van der Waals surface area contributed by atoms with Crippen LogP contribution in [0, 0.1) is 13.8 Å². The van der Waals surface area contributed by atoms with Gasteiger partial charge in [-0.3, -0.25) is 0 Å². The average Bonchev–Trinajstić information content (AvgIpc) is 3.20. The average molecular weight is 422 g/mol. The second-order valence-corrected chi connectivity index (χ2v) is 8.03. The van der Waals surface area contributed by atoms with E-state index < -0.39 is 0 Å². The highest BCUT2D eigenvalue weighted by Gasteiger charge is 2.31. The van der Waals surface area contributed by atoms with Crippen molar-refractivity contribution in [3.8, 4) is 11.5 Å². The van der Waals surface area contributed by atoms with E-state index in [4.69, 9.17) is 21.7 Å². The van der Waals surface area contributed by atoms with E-state index in [1.165, 1.54) is 16.8 Å². The van der Waals surface area contributed by atoms with Gasteiger partial charge in [0.05, 0.1) is 20.3 Å². The van der Waals surface area contributed by atoms with Crippen LogP contribution in [0.2, 0.25) is 0 Å². The van der Waals surface area contributed by atoms with E-state index in [-0.39, 0.29) is 6.04 Å². The summed E-state index contributed by atoms with van der Waals surface area (Å²) in [6.45, 7) is 5.90. The summed E-state index contributed by atoms with van der Waals surface area (Å²) in [5.41, 5.74) is 5.76. The second-order valence-electron chi connectivity index (χ2n) is 7.64. The van der Waals surface area contributed by atoms with Crippen molar-refractivity contribution in [1.82, 2.24) is 9.47 Å². The molecule has 0 fully saturated rings. The second kappa shape index (κ2) is 8.40. The normalized spacial score (nSPS) is 15.5. The zero-order valence-electron chi connectivity index (χ0n) is 17.8. The number of benzene rings is 2. The SMILES string of the molecule is COc1ccc([C@@H]2c3cccn3CCN2C(=S)Nc2cc(C)cc(C)c2)cc1OC. The van der Waals surface area contributed by atoms with E-state index in [0.29, 0.717) is 10.9 Å². The van der Waals surface area contributed by atoms with E-state index in [1.54, 1.807) is 14.2 Å². The molecule has 0 aliphatic carbocycles. The van der Waals surface area contributed by atoms with Gasteiger partial charge in [0.1, 0.15) is 0 Å². The van der Waals surface area contributed by atoms with E-state index in [2.05, 4.69) is 71.2 Å². The number of hydrogen-bond donors (Lipinski definition) is 1. The topological polar surface area (TPSA) is 38.7 Å². The molecule has 0 amide bonds. The van der Waals surface area contributed by atoms with E-state index in [0.717, 1.165) is 30.1 Å². The van der Waals surface area contributed by atoms with Crippen LogP contribution in [-0.2, 0) is 6.54 Å². The van der Waals surface area contributed by atoms with E-state index in [1.807, 2.05) is 12.1 Å². The summed E-state index contributed by atoms with van der Waals surface area (Å²) in [4.78, 5) is 2.25. The predicted molar refractivity (Wildman–Crippen MR) is 125 cm³/mol. The number of rotatable bonds is 4. The molecule has 1 aliphatic heterocycles. The molecule has 4 rings (SSSR count). The molecule has 5 nitrogen and oxygen atoms in total. The van der Waals surface area contributed by atoms with E-state index >= 15 is 0 Å². The third-order valence-corrected chi connectivity index (χ3v) is 5.83. The summed E-state index contributed by atoms with van der Waals surface area (Å²) in [6.07, 6.45) is 2.13. The molecule has 1 aromatic heterocycles. The molecule has 0 saturated heterocycles. The number of ether oxygens (including phenoxy) is 2. The lowest BCUT2D eigenvalue weighted by atomic mass is 9.99. The minimum atomic E-state index is -0.0144. The van der Waals surface area contributed by atoms with Crippen LogP contribution in [0.3, 0.4) is 0 Å². The molecule has 30 heavy (non-hydrogen) atoms. The molecule has 0 radical (unpaired) electrons. The molecule has 1 N–H and O–H groups in total. The Bertz CT molecular complexity index is 1060. The Morgan fingerprint density at radius 1 is 0.967 bits per heavy atom. The fourth-order valence-electron chi connectivity index (χ4n) is 4.22. The Kier molecular flexibility index (Phi) is 5.68. The van der Waals surface area contributed by atoms with Gasteiger partial charge in [0.15, 0.2) is 16.6 Å². The largest absolute Gasteiger partial charge is 0.493 e. The highest BCUT2D eigenvalue weighted by atomic mass is 32.1. The van der Waals surface area contributed by atoms with Crippen molar-refractivity contribution in [1.29, 1.82) is 0 Å². The van der Waals surface area contributed by atoms with Gasteiger partial charge in [-0.05, 0) is 79.2 Å². The number of thiocarbonyl (C=S) groups is 1. The molecule has 1 aliphatic rings. The third-order valence-electron chi connectivity index (χ3n) is 5.50. The van der Waals surface area contributed by atoms with Crippen molar-refractivity contribution in [2.45, 2.75) is 26.4 Å². The van der Waals surface area contributed by atoms with Crippen LogP contribution in [0.15, 0.2) is 54.7 Å². The lowest BCUT2D eigenvalue weighted by Crippen LogP contribution is -2.44. The highest BCUT2D eigenvalue weighted by molar-refractivity contribution is 7.80. The van der Waals surface area contributed by atoms with Crippen molar-refractivity contribution in [2.24, 2.45) is 0 Å². The first-order valence-corrected chi connectivity index (χ1v) is 10.4. The molecule has 0 saturated carbocycles. The van der Waals surface area contributed by atoms with Crippen LogP contribution in [-0.4, -0.2) is 35.3 Å². The number of fused-ring (bicyclic) bond motifs is 1. The minimum absolute atomic E-state index is 0.0144. The first-order chi connectivity index (χ1) is 14.5. The summed E-state index contributed by atoms with van der Waals surface area (Å²) < 4.78 is 13.3. The highest BCUT2D eigenvalue weighted by Crippen LogP contribution is 2.37. The maximum atomic E-state index is 5.88. The number of methoxy groups -OCH3 is 2. The fraction of sp³-hybridized carbons (Fsp3) is 0.292. The van der Waals surface area contributed by atoms with Crippen molar-refractivity contribution >= 4 is 23.0 Å². The standard InChI is InChI=1S/C24H27N3O2S/c1-16-12-17(2)14-19(13-16)25-24(30)27-11-10-26-9-5-6-20(26)23(27)18-7-8-21(28-3)22(15-18)29-4/h5-9,12-15,23H,10-11H2,1-4H3,(H,25,30)/t23-/m1/s1. The first kappa shape index (κ1) is 20.3. The van der Waals surface area contributed by atoms with Crippen LogP contribution >= 0.6 is 12.2 Å². The molecule has 0 bridgehead atoms. The molecular weight excluding hydrogens is 394 g/mol. The molecule has 156 valence electrons. The summed E-state index contributed by atoms with van der Waals surface area (Å²) in [6, 6.07) is 16.7. The van der Waals surface area contributed by atoms with Gasteiger partial charge in [-0.1, -0.05) is 12.1 Å². The number of aryl methyl sites for hydroxylation is 2. The molecule has 2 heterocycles. The number of anilines is 1. The minimum Gasteiger partial charge on any atom is -0.493 e.